The van der Waals surface area contributed by atoms with Gasteiger partial charge in [0.15, 0.2) is 5.82 Å². The van der Waals surface area contributed by atoms with Crippen LogP contribution in [0.5, 0.6) is 0 Å². The molecular formula is C20H15N3OS. The summed E-state index contributed by atoms with van der Waals surface area (Å²) in [6.45, 7) is 2.05. The van der Waals surface area contributed by atoms with Crippen molar-refractivity contribution in [1.29, 1.82) is 0 Å². The van der Waals surface area contributed by atoms with Crippen LogP contribution >= 0.6 is 11.3 Å². The Balaban J connectivity index is 1.67. The predicted octanol–water partition coefficient (Wildman–Crippen LogP) is 3.18. The second-order valence-corrected chi connectivity index (χ2v) is 6.74. The highest BCUT2D eigenvalue weighted by molar-refractivity contribution is 7.15. The van der Waals surface area contributed by atoms with Crippen LogP contribution in [0.15, 0.2) is 59.4 Å². The monoisotopic (exact) mass is 345 g/mol. The van der Waals surface area contributed by atoms with Gasteiger partial charge in [-0.05, 0) is 30.2 Å². The van der Waals surface area contributed by atoms with E-state index >= 15 is 0 Å². The van der Waals surface area contributed by atoms with Crippen molar-refractivity contribution in [1.82, 2.24) is 14.6 Å². The van der Waals surface area contributed by atoms with Gasteiger partial charge in [-0.15, -0.1) is 5.10 Å². The van der Waals surface area contributed by atoms with Gasteiger partial charge in [-0.3, -0.25) is 4.79 Å². The standard InChI is InChI=1S/C20H15N3OS/c1-14-7-9-15(10-8-14)11-12-18-21-20-23(22-18)19(24)17(25-20)13-16-5-3-2-4-6-16/h2-13H,1H3/b12-11+,17-13-. The molecule has 0 spiro atoms. The summed E-state index contributed by atoms with van der Waals surface area (Å²) in [4.78, 5) is 17.5. The lowest BCUT2D eigenvalue weighted by molar-refractivity contribution is 0.925. The van der Waals surface area contributed by atoms with E-state index in [0.29, 0.717) is 15.3 Å². The first kappa shape index (κ1) is 15.5. The molecule has 0 unspecified atom stereocenters. The quantitative estimate of drug-likeness (QED) is 0.573. The van der Waals surface area contributed by atoms with E-state index in [9.17, 15) is 4.79 Å². The third-order valence-electron chi connectivity index (χ3n) is 3.80. The zero-order valence-electron chi connectivity index (χ0n) is 13.6. The lowest BCUT2D eigenvalue weighted by Crippen LogP contribution is -2.23. The van der Waals surface area contributed by atoms with Crippen LogP contribution in [-0.4, -0.2) is 14.6 Å². The minimum atomic E-state index is -0.133. The fraction of sp³-hybridized carbons (Fsp3) is 0.0500. The highest BCUT2D eigenvalue weighted by Crippen LogP contribution is 2.09. The number of nitrogens with zero attached hydrogens (tertiary/aromatic N) is 3. The van der Waals surface area contributed by atoms with Crippen LogP contribution in [0.2, 0.25) is 0 Å². The first-order chi connectivity index (χ1) is 12.2. The van der Waals surface area contributed by atoms with E-state index in [-0.39, 0.29) is 5.56 Å². The largest absolute Gasteiger partial charge is 0.291 e. The van der Waals surface area contributed by atoms with E-state index in [4.69, 9.17) is 0 Å². The fourth-order valence-corrected chi connectivity index (χ4v) is 3.38. The van der Waals surface area contributed by atoms with Crippen LogP contribution in [0.1, 0.15) is 22.5 Å². The summed E-state index contributed by atoms with van der Waals surface area (Å²) in [6.07, 6.45) is 5.63. The summed E-state index contributed by atoms with van der Waals surface area (Å²) < 4.78 is 2.00. The smallest absolute Gasteiger partial charge is 0.266 e. The van der Waals surface area contributed by atoms with Gasteiger partial charge in [-0.25, -0.2) is 0 Å². The summed E-state index contributed by atoms with van der Waals surface area (Å²) in [5.41, 5.74) is 3.15. The molecule has 0 radical (unpaired) electrons. The molecule has 25 heavy (non-hydrogen) atoms. The molecule has 0 aliphatic carbocycles. The molecule has 0 saturated carbocycles. The highest BCUT2D eigenvalue weighted by atomic mass is 32.1. The second-order valence-electron chi connectivity index (χ2n) is 5.73. The molecule has 2 aromatic carbocycles. The average molecular weight is 345 g/mol. The van der Waals surface area contributed by atoms with Crippen LogP contribution in [0.25, 0.3) is 23.2 Å². The SMILES string of the molecule is Cc1ccc(/C=C/c2nc3s/c(=C\c4ccccc4)c(=O)n3n2)cc1. The summed E-state index contributed by atoms with van der Waals surface area (Å²) in [5, 5.41) is 4.30. The van der Waals surface area contributed by atoms with Crippen LogP contribution in [0.4, 0.5) is 0 Å². The number of hydrogen-bond donors (Lipinski definition) is 0. The highest BCUT2D eigenvalue weighted by Gasteiger charge is 2.08. The summed E-state index contributed by atoms with van der Waals surface area (Å²) in [5.74, 6) is 0.537. The average Bonchev–Trinajstić information content (AvgIpc) is 3.15. The Hall–Kier alpha value is -3.05. The molecule has 0 N–H and O–H groups in total. The molecule has 2 aromatic heterocycles. The van der Waals surface area contributed by atoms with E-state index in [1.165, 1.54) is 21.4 Å². The Morgan fingerprint density at radius 2 is 1.72 bits per heavy atom. The van der Waals surface area contributed by atoms with Crippen LogP contribution < -0.4 is 10.1 Å². The molecule has 2 heterocycles. The zero-order valence-corrected chi connectivity index (χ0v) is 14.4. The van der Waals surface area contributed by atoms with Crippen LogP contribution in [-0.2, 0) is 0 Å². The summed E-state index contributed by atoms with van der Waals surface area (Å²) in [6, 6.07) is 18.0. The van der Waals surface area contributed by atoms with Gasteiger partial charge in [0.05, 0.1) is 4.53 Å². The molecule has 122 valence electrons. The van der Waals surface area contributed by atoms with Crippen molar-refractivity contribution in [3.05, 3.63) is 92.0 Å². The fourth-order valence-electron chi connectivity index (χ4n) is 2.47. The van der Waals surface area contributed by atoms with Gasteiger partial charge in [-0.1, -0.05) is 77.6 Å². The number of fused-ring (bicyclic) bond motifs is 1. The maximum absolute atomic E-state index is 12.5. The van der Waals surface area contributed by atoms with Crippen molar-refractivity contribution in [3.63, 3.8) is 0 Å². The Bertz CT molecular complexity index is 1160. The molecule has 4 aromatic rings. The zero-order chi connectivity index (χ0) is 17.2. The molecule has 4 rings (SSSR count). The van der Waals surface area contributed by atoms with Crippen LogP contribution in [0.3, 0.4) is 0 Å². The van der Waals surface area contributed by atoms with E-state index in [1.54, 1.807) is 0 Å². The first-order valence-corrected chi connectivity index (χ1v) is 8.72. The molecule has 0 aliphatic rings. The number of aromatic nitrogens is 3. The van der Waals surface area contributed by atoms with Crippen molar-refractivity contribution >= 4 is 34.5 Å². The normalized spacial score (nSPS) is 12.4. The predicted molar refractivity (Wildman–Crippen MR) is 102 cm³/mol. The van der Waals surface area contributed by atoms with Gasteiger partial charge >= 0.3 is 0 Å². The number of benzene rings is 2. The lowest BCUT2D eigenvalue weighted by atomic mass is 10.1. The third kappa shape index (κ3) is 3.27. The van der Waals surface area contributed by atoms with Crippen molar-refractivity contribution in [3.8, 4) is 0 Å². The Morgan fingerprint density at radius 1 is 0.960 bits per heavy atom. The van der Waals surface area contributed by atoms with Gasteiger partial charge in [-0.2, -0.15) is 9.50 Å². The van der Waals surface area contributed by atoms with E-state index in [1.807, 2.05) is 60.7 Å². The van der Waals surface area contributed by atoms with E-state index < -0.39 is 0 Å². The molecular weight excluding hydrogens is 330 g/mol. The number of aryl methyl sites for hydroxylation is 1. The molecule has 5 heteroatoms. The lowest BCUT2D eigenvalue weighted by Gasteiger charge is -1.93. The third-order valence-corrected chi connectivity index (χ3v) is 4.76. The maximum atomic E-state index is 12.5. The summed E-state index contributed by atoms with van der Waals surface area (Å²) >= 11 is 1.35. The molecule has 0 fully saturated rings. The van der Waals surface area contributed by atoms with Crippen molar-refractivity contribution in [2.45, 2.75) is 6.92 Å². The van der Waals surface area contributed by atoms with Crippen LogP contribution in [0, 0.1) is 6.92 Å². The second kappa shape index (κ2) is 6.45. The molecule has 0 saturated heterocycles. The van der Waals surface area contributed by atoms with Gasteiger partial charge < -0.3 is 0 Å². The van der Waals surface area contributed by atoms with E-state index in [2.05, 4.69) is 29.1 Å². The number of thiazole rings is 1. The van der Waals surface area contributed by atoms with Gasteiger partial charge in [0.25, 0.3) is 5.56 Å². The maximum Gasteiger partial charge on any atom is 0.291 e. The molecule has 0 aliphatic heterocycles. The Morgan fingerprint density at radius 3 is 2.44 bits per heavy atom. The minimum absolute atomic E-state index is 0.133. The molecule has 4 nitrogen and oxygen atoms in total. The molecule has 0 bridgehead atoms. The van der Waals surface area contributed by atoms with Crippen molar-refractivity contribution in [2.24, 2.45) is 0 Å². The first-order valence-electron chi connectivity index (χ1n) is 7.90. The summed E-state index contributed by atoms with van der Waals surface area (Å²) in [7, 11) is 0. The minimum Gasteiger partial charge on any atom is -0.266 e. The van der Waals surface area contributed by atoms with Gasteiger partial charge in [0.1, 0.15) is 0 Å². The van der Waals surface area contributed by atoms with Gasteiger partial charge in [0, 0.05) is 0 Å². The molecule has 0 amide bonds. The topological polar surface area (TPSA) is 47.3 Å². The Labute approximate surface area is 148 Å². The van der Waals surface area contributed by atoms with Crippen molar-refractivity contribution in [2.75, 3.05) is 0 Å². The van der Waals surface area contributed by atoms with E-state index in [0.717, 1.165) is 11.1 Å². The van der Waals surface area contributed by atoms with Gasteiger partial charge in [0.2, 0.25) is 4.96 Å². The molecule has 0 atom stereocenters. The number of rotatable bonds is 3. The Kier molecular flexibility index (Phi) is 3.99. The number of hydrogen-bond acceptors (Lipinski definition) is 4. The van der Waals surface area contributed by atoms with Crippen molar-refractivity contribution < 1.29 is 0 Å².